The van der Waals surface area contributed by atoms with Gasteiger partial charge in [0, 0.05) is 35.8 Å². The van der Waals surface area contributed by atoms with Crippen LogP contribution in [0.4, 0.5) is 10.5 Å². The number of hydrogen-bond acceptors (Lipinski definition) is 6. The molecule has 4 aromatic rings. The third-order valence-corrected chi connectivity index (χ3v) is 5.64. The van der Waals surface area contributed by atoms with E-state index in [4.69, 9.17) is 4.52 Å². The number of nitrogens with one attached hydrogen (secondary N) is 2. The molecule has 34 heavy (non-hydrogen) atoms. The number of aromatic hydroxyl groups is 1. The zero-order valence-corrected chi connectivity index (χ0v) is 18.5. The third-order valence-electron chi connectivity index (χ3n) is 5.64. The van der Waals surface area contributed by atoms with Crippen LogP contribution in [0.25, 0.3) is 11.3 Å². The summed E-state index contributed by atoms with van der Waals surface area (Å²) in [6.45, 7) is 2.40. The standard InChI is InChI=1S/C25H23N5O4/c1-15-3-2-4-16(11-15)14-26-25(33)30-21(17-5-6-17)13-20(29-30)19-8-7-18(12-22(19)31)28-24(32)23-9-10-27-34-23/h2-4,7-13,17,31H,5-6,14H2,1H3,(H,26,33)(H,28,32). The highest BCUT2D eigenvalue weighted by Crippen LogP contribution is 2.42. The Labute approximate surface area is 195 Å². The van der Waals surface area contributed by atoms with Crippen LogP contribution < -0.4 is 10.6 Å². The van der Waals surface area contributed by atoms with E-state index in [-0.39, 0.29) is 23.5 Å². The lowest BCUT2D eigenvalue weighted by Crippen LogP contribution is -2.30. The predicted octanol–water partition coefficient (Wildman–Crippen LogP) is 4.44. The van der Waals surface area contributed by atoms with Crippen molar-refractivity contribution >= 4 is 17.6 Å². The van der Waals surface area contributed by atoms with E-state index >= 15 is 0 Å². The van der Waals surface area contributed by atoms with Gasteiger partial charge < -0.3 is 20.3 Å². The number of phenolic OH excluding ortho intramolecular Hbond substituents is 1. The lowest BCUT2D eigenvalue weighted by atomic mass is 10.1. The maximum Gasteiger partial charge on any atom is 0.342 e. The number of aryl methyl sites for hydroxylation is 1. The van der Waals surface area contributed by atoms with E-state index in [9.17, 15) is 14.7 Å². The molecule has 0 bridgehead atoms. The Hall–Kier alpha value is -4.40. The molecule has 3 N–H and O–H groups in total. The van der Waals surface area contributed by atoms with Gasteiger partial charge in [0.15, 0.2) is 0 Å². The number of benzene rings is 2. The second kappa shape index (κ2) is 8.86. The minimum Gasteiger partial charge on any atom is -0.507 e. The zero-order chi connectivity index (χ0) is 23.7. The van der Waals surface area contributed by atoms with E-state index in [0.717, 1.165) is 29.7 Å². The molecule has 2 heterocycles. The summed E-state index contributed by atoms with van der Waals surface area (Å²) >= 11 is 0. The molecule has 0 spiro atoms. The molecular formula is C25H23N5O4. The van der Waals surface area contributed by atoms with Crippen molar-refractivity contribution in [2.45, 2.75) is 32.2 Å². The van der Waals surface area contributed by atoms with E-state index in [1.165, 1.54) is 23.0 Å². The summed E-state index contributed by atoms with van der Waals surface area (Å²) in [5.41, 5.74) is 4.29. The molecule has 0 radical (unpaired) electrons. The summed E-state index contributed by atoms with van der Waals surface area (Å²) in [6, 6.07) is 15.7. The van der Waals surface area contributed by atoms with Crippen LogP contribution in [0.5, 0.6) is 5.75 Å². The topological polar surface area (TPSA) is 122 Å². The SMILES string of the molecule is Cc1cccc(CNC(=O)n2nc(-c3ccc(NC(=O)c4ccno4)cc3O)cc2C2CC2)c1. The number of hydrogen-bond donors (Lipinski definition) is 3. The summed E-state index contributed by atoms with van der Waals surface area (Å²) in [5.74, 6) is -0.209. The summed E-state index contributed by atoms with van der Waals surface area (Å²) in [6.07, 6.45) is 3.37. The number of rotatable bonds is 6. The number of carbonyl (C=O) groups is 2. The highest BCUT2D eigenvalue weighted by molar-refractivity contribution is 6.02. The quantitative estimate of drug-likeness (QED) is 0.393. The molecule has 2 aromatic heterocycles. The molecule has 5 rings (SSSR count). The lowest BCUT2D eigenvalue weighted by Gasteiger charge is -2.08. The first-order chi connectivity index (χ1) is 16.5. The van der Waals surface area contributed by atoms with Crippen LogP contribution in [0, 0.1) is 6.92 Å². The van der Waals surface area contributed by atoms with Gasteiger partial charge in [0.1, 0.15) is 5.75 Å². The van der Waals surface area contributed by atoms with E-state index in [1.54, 1.807) is 12.1 Å². The monoisotopic (exact) mass is 457 g/mol. The Morgan fingerprint density at radius 1 is 1.15 bits per heavy atom. The normalized spacial score (nSPS) is 13.0. The number of aromatic nitrogens is 3. The van der Waals surface area contributed by atoms with Gasteiger partial charge in [0.25, 0.3) is 5.91 Å². The minimum atomic E-state index is -0.477. The first kappa shape index (κ1) is 21.4. The van der Waals surface area contributed by atoms with Crippen molar-refractivity contribution in [3.8, 4) is 17.0 Å². The Balaban J connectivity index is 1.35. The van der Waals surface area contributed by atoms with Crippen molar-refractivity contribution < 1.29 is 19.2 Å². The first-order valence-electron chi connectivity index (χ1n) is 11.0. The molecule has 1 fully saturated rings. The second-order valence-electron chi connectivity index (χ2n) is 8.35. The number of phenols is 1. The predicted molar refractivity (Wildman–Crippen MR) is 125 cm³/mol. The summed E-state index contributed by atoms with van der Waals surface area (Å²) in [5, 5.41) is 24.2. The van der Waals surface area contributed by atoms with Crippen molar-refractivity contribution in [1.29, 1.82) is 0 Å². The fourth-order valence-corrected chi connectivity index (χ4v) is 3.79. The summed E-state index contributed by atoms with van der Waals surface area (Å²) in [7, 11) is 0. The van der Waals surface area contributed by atoms with Crippen molar-refractivity contribution in [1.82, 2.24) is 20.3 Å². The molecule has 9 heteroatoms. The molecule has 9 nitrogen and oxygen atoms in total. The van der Waals surface area contributed by atoms with Crippen molar-refractivity contribution in [3.05, 3.63) is 83.4 Å². The fourth-order valence-electron chi connectivity index (χ4n) is 3.79. The van der Waals surface area contributed by atoms with Gasteiger partial charge in [-0.2, -0.15) is 9.78 Å². The Bertz CT molecular complexity index is 1360. The molecule has 1 aliphatic rings. The molecule has 0 aliphatic heterocycles. The van der Waals surface area contributed by atoms with E-state index in [0.29, 0.717) is 23.5 Å². The smallest absolute Gasteiger partial charge is 0.342 e. The zero-order valence-electron chi connectivity index (χ0n) is 18.5. The highest BCUT2D eigenvalue weighted by atomic mass is 16.5. The maximum atomic E-state index is 12.9. The Morgan fingerprint density at radius 3 is 2.71 bits per heavy atom. The van der Waals surface area contributed by atoms with Crippen LogP contribution in [0.2, 0.25) is 0 Å². The van der Waals surface area contributed by atoms with Crippen LogP contribution in [0.15, 0.2) is 65.3 Å². The summed E-state index contributed by atoms with van der Waals surface area (Å²) in [4.78, 5) is 25.1. The molecule has 1 aliphatic carbocycles. The van der Waals surface area contributed by atoms with Gasteiger partial charge in [-0.15, -0.1) is 0 Å². The average molecular weight is 457 g/mol. The van der Waals surface area contributed by atoms with Gasteiger partial charge in [-0.1, -0.05) is 35.0 Å². The largest absolute Gasteiger partial charge is 0.507 e. The van der Waals surface area contributed by atoms with Gasteiger partial charge in [0.05, 0.1) is 17.6 Å². The van der Waals surface area contributed by atoms with Crippen LogP contribution in [-0.2, 0) is 6.54 Å². The number of carbonyl (C=O) groups excluding carboxylic acids is 2. The van der Waals surface area contributed by atoms with E-state index in [2.05, 4.69) is 20.9 Å². The second-order valence-corrected chi connectivity index (χ2v) is 8.35. The molecule has 2 aromatic carbocycles. The maximum absolute atomic E-state index is 12.9. The molecule has 1 saturated carbocycles. The van der Waals surface area contributed by atoms with Crippen molar-refractivity contribution in [2.24, 2.45) is 0 Å². The molecular weight excluding hydrogens is 434 g/mol. The van der Waals surface area contributed by atoms with Gasteiger partial charge >= 0.3 is 6.03 Å². The number of nitrogens with zero attached hydrogens (tertiary/aromatic N) is 3. The fraction of sp³-hybridized carbons (Fsp3) is 0.200. The third kappa shape index (κ3) is 4.54. The lowest BCUT2D eigenvalue weighted by molar-refractivity contribution is 0.0988. The molecule has 0 atom stereocenters. The van der Waals surface area contributed by atoms with Crippen molar-refractivity contribution in [3.63, 3.8) is 0 Å². The first-order valence-corrected chi connectivity index (χ1v) is 11.0. The van der Waals surface area contributed by atoms with Crippen molar-refractivity contribution in [2.75, 3.05) is 5.32 Å². The van der Waals surface area contributed by atoms with Gasteiger partial charge in [-0.05, 0) is 43.5 Å². The van der Waals surface area contributed by atoms with Crippen LogP contribution in [0.1, 0.15) is 46.1 Å². The van der Waals surface area contributed by atoms with E-state index < -0.39 is 5.91 Å². The van der Waals surface area contributed by atoms with Crippen LogP contribution in [0.3, 0.4) is 0 Å². The molecule has 172 valence electrons. The van der Waals surface area contributed by atoms with Crippen LogP contribution >= 0.6 is 0 Å². The van der Waals surface area contributed by atoms with Gasteiger partial charge in [-0.25, -0.2) is 4.79 Å². The minimum absolute atomic E-state index is 0.0630. The number of amides is 2. The van der Waals surface area contributed by atoms with Crippen LogP contribution in [-0.4, -0.2) is 32.0 Å². The Kier molecular flexibility index (Phi) is 5.59. The van der Waals surface area contributed by atoms with Gasteiger partial charge in [0.2, 0.25) is 5.76 Å². The number of anilines is 1. The Morgan fingerprint density at radius 2 is 2.00 bits per heavy atom. The van der Waals surface area contributed by atoms with E-state index in [1.807, 2.05) is 37.3 Å². The molecule has 0 saturated heterocycles. The highest BCUT2D eigenvalue weighted by Gasteiger charge is 2.30. The average Bonchev–Trinajstić information content (AvgIpc) is 3.32. The molecule has 0 unspecified atom stereocenters. The molecule has 2 amide bonds. The summed E-state index contributed by atoms with van der Waals surface area (Å²) < 4.78 is 6.23. The van der Waals surface area contributed by atoms with Gasteiger partial charge in [-0.3, -0.25) is 4.79 Å².